The number of nitrogens with one attached hydrogen (secondary N) is 2. The first kappa shape index (κ1) is 53.3. The van der Waals surface area contributed by atoms with E-state index < -0.39 is 41.0 Å². The molecule has 3 fully saturated rings. The summed E-state index contributed by atoms with van der Waals surface area (Å²) in [7, 11) is 5.52. The van der Waals surface area contributed by atoms with Crippen molar-refractivity contribution in [3.63, 3.8) is 0 Å². The first-order valence-electron chi connectivity index (χ1n) is 24.8. The van der Waals surface area contributed by atoms with Crippen LogP contribution in [0, 0.1) is 29.1 Å². The predicted octanol–water partition coefficient (Wildman–Crippen LogP) is 5.23. The smallest absolute Gasteiger partial charge is 0.324 e. The van der Waals surface area contributed by atoms with Crippen LogP contribution in [-0.2, 0) is 51.1 Å². The lowest BCUT2D eigenvalue weighted by Gasteiger charge is -2.39. The summed E-state index contributed by atoms with van der Waals surface area (Å²) in [6.45, 7) is 25.9. The number of carbonyl (C=O) groups is 4. The van der Waals surface area contributed by atoms with Gasteiger partial charge in [0.15, 0.2) is 0 Å². The van der Waals surface area contributed by atoms with Crippen LogP contribution >= 0.6 is 0 Å². The van der Waals surface area contributed by atoms with Gasteiger partial charge in [-0.1, -0.05) is 46.3 Å². The van der Waals surface area contributed by atoms with Crippen molar-refractivity contribution in [1.29, 1.82) is 0 Å². The highest BCUT2D eigenvalue weighted by atomic mass is 16.5. The van der Waals surface area contributed by atoms with Crippen LogP contribution in [0.5, 0.6) is 0 Å². The number of ether oxygens (including phenoxy) is 4. The van der Waals surface area contributed by atoms with Crippen molar-refractivity contribution in [3.8, 4) is 11.8 Å². The van der Waals surface area contributed by atoms with E-state index in [1.807, 2.05) is 66.6 Å². The number of likely N-dealkylation sites (tertiary alicyclic amines) is 1. The van der Waals surface area contributed by atoms with Crippen molar-refractivity contribution < 1.29 is 38.1 Å². The highest BCUT2D eigenvalue weighted by Crippen LogP contribution is 2.40. The van der Waals surface area contributed by atoms with Gasteiger partial charge in [-0.25, -0.2) is 5.43 Å². The van der Waals surface area contributed by atoms with Gasteiger partial charge in [0.2, 0.25) is 5.91 Å². The van der Waals surface area contributed by atoms with Gasteiger partial charge < -0.3 is 38.6 Å². The van der Waals surface area contributed by atoms with Gasteiger partial charge in [0, 0.05) is 86.6 Å². The molecule has 16 nitrogen and oxygen atoms in total. The number of amides is 3. The Morgan fingerprint density at radius 3 is 2.54 bits per heavy atom. The van der Waals surface area contributed by atoms with E-state index in [1.165, 1.54) is 5.01 Å². The molecule has 3 saturated heterocycles. The number of allylic oxidation sites excluding steroid dienone is 2. The van der Waals surface area contributed by atoms with E-state index in [9.17, 15) is 19.2 Å². The molecule has 4 aliphatic rings. The maximum atomic E-state index is 14.7. The fraction of sp³-hybridized carbons (Fsp3) is 0.642. The molecule has 69 heavy (non-hydrogen) atoms. The van der Waals surface area contributed by atoms with Crippen molar-refractivity contribution in [2.24, 2.45) is 22.2 Å². The molecule has 16 heteroatoms. The van der Waals surface area contributed by atoms with Gasteiger partial charge in [-0.2, -0.15) is 0 Å². The number of benzene rings is 1. The molecule has 0 unspecified atom stereocenters. The number of morpholine rings is 1. The lowest BCUT2D eigenvalue weighted by atomic mass is 9.84. The Kier molecular flexibility index (Phi) is 17.6. The second-order valence-corrected chi connectivity index (χ2v) is 20.8. The molecule has 3 amide bonds. The van der Waals surface area contributed by atoms with Crippen LogP contribution in [0.1, 0.15) is 92.8 Å². The van der Waals surface area contributed by atoms with Gasteiger partial charge in [-0.15, -0.1) is 0 Å². The summed E-state index contributed by atoms with van der Waals surface area (Å²) in [5.41, 5.74) is 8.03. The molecule has 5 atom stereocenters. The quantitative estimate of drug-likeness (QED) is 0.117. The topological polar surface area (TPSA) is 160 Å². The molecule has 2 N–H and O–H groups in total. The number of methoxy groups -OCH3 is 1. The van der Waals surface area contributed by atoms with Gasteiger partial charge >= 0.3 is 5.97 Å². The van der Waals surface area contributed by atoms with Crippen molar-refractivity contribution in [2.45, 2.75) is 130 Å². The maximum Gasteiger partial charge on any atom is 0.324 e. The van der Waals surface area contributed by atoms with Gasteiger partial charge in [0.1, 0.15) is 12.1 Å². The van der Waals surface area contributed by atoms with Crippen LogP contribution in [0.15, 0.2) is 41.5 Å². The number of fused-ring (bicyclic) bond motifs is 6. The van der Waals surface area contributed by atoms with E-state index in [0.29, 0.717) is 65.1 Å². The summed E-state index contributed by atoms with van der Waals surface area (Å²) in [6.07, 6.45) is 4.52. The second-order valence-electron chi connectivity index (χ2n) is 20.8. The third-order valence-corrected chi connectivity index (χ3v) is 14.2. The Balaban J connectivity index is 1.30. The zero-order chi connectivity index (χ0) is 50.4. The molecule has 1 aromatic heterocycles. The second kappa shape index (κ2) is 22.8. The summed E-state index contributed by atoms with van der Waals surface area (Å²) in [6, 6.07) is 4.82. The first-order chi connectivity index (χ1) is 32.7. The molecule has 5 heterocycles. The number of anilines is 1. The zero-order valence-corrected chi connectivity index (χ0v) is 43.3. The lowest BCUT2D eigenvalue weighted by Crippen LogP contribution is -2.61. The molecular weight excluding hydrogens is 877 g/mol. The molecule has 0 radical (unpaired) electrons. The standard InChI is InChI=1S/C53H78N8O8/c1-14-39(47(54-15-2)35(6)66-13)48-41-28-52(7,8)33-69-51(65)43-18-17-23-61(56-43)50(64)44(27-37-29-58(24-25-67-37)36-19-20-45(40(41)26-36)60(48)16-3)55-49(63)42(34(4)5)32-68-38-30-59(31-38)46(62)21-22-53(9,10)57(11)12/h14-15,19-20,26,34-35,37-38,42-44,56H,1,16-18,23-25,27-33H2,2-13H3,(H,55,63)/b47-39+,54-15-/t35-,37-,42-,43-,44-/m0/s1. The Bertz CT molecular complexity index is 2330. The van der Waals surface area contributed by atoms with Gasteiger partial charge in [-0.05, 0) is 104 Å². The van der Waals surface area contributed by atoms with Crippen molar-refractivity contribution in [3.05, 3.63) is 47.8 Å². The van der Waals surface area contributed by atoms with Gasteiger partial charge in [0.05, 0.1) is 61.0 Å². The third-order valence-electron chi connectivity index (χ3n) is 14.2. The number of aromatic nitrogens is 1. The highest BCUT2D eigenvalue weighted by molar-refractivity contribution is 5.96. The normalized spacial score (nSPS) is 22.9. The summed E-state index contributed by atoms with van der Waals surface area (Å²) in [5, 5.41) is 5.66. The predicted molar refractivity (Wildman–Crippen MR) is 270 cm³/mol. The number of hydrogen-bond donors (Lipinski definition) is 2. The first-order valence-corrected chi connectivity index (χ1v) is 24.8. The number of aryl methyl sites for hydroxylation is 1. The Morgan fingerprint density at radius 2 is 1.88 bits per heavy atom. The molecule has 6 rings (SSSR count). The summed E-state index contributed by atoms with van der Waals surface area (Å²) >= 11 is 0. The van der Waals surface area contributed by atoms with Crippen LogP contribution < -0.4 is 15.6 Å². The SMILES string of the molecule is C=C/C(=C(\N=C/C)[C@H](C)OC)c1c2c3cc(ccc3n1CC)N1CCO[C@@H](C[C@H](NC(=O)[C@@H](COC3CN(C(=O)C#CC(C)(C)N(C)C)C3)C(C)C)C(=O)N3CCC[C@H](N3)C(=O)OCC(C)(C)C2)C1. The molecule has 4 aliphatic heterocycles. The molecule has 0 spiro atoms. The van der Waals surface area contributed by atoms with Gasteiger partial charge in [-0.3, -0.25) is 34.1 Å². The largest absolute Gasteiger partial charge is 0.464 e. The number of rotatable bonds is 13. The zero-order valence-electron chi connectivity index (χ0n) is 43.3. The minimum atomic E-state index is -0.973. The van der Waals surface area contributed by atoms with Crippen LogP contribution in [0.25, 0.3) is 16.5 Å². The van der Waals surface area contributed by atoms with Crippen LogP contribution in [0.2, 0.25) is 0 Å². The number of esters is 1. The number of hydrazine groups is 1. The number of nitrogens with zero attached hydrogens (tertiary/aromatic N) is 6. The van der Waals surface area contributed by atoms with Crippen molar-refractivity contribution in [1.82, 2.24) is 30.1 Å². The van der Waals surface area contributed by atoms with E-state index in [1.54, 1.807) is 18.2 Å². The molecular formula is C53H78N8O8. The van der Waals surface area contributed by atoms with Crippen LogP contribution in [0.4, 0.5) is 5.69 Å². The van der Waals surface area contributed by atoms with Crippen molar-refractivity contribution in [2.75, 3.05) is 78.6 Å². The molecule has 378 valence electrons. The number of aliphatic imine (C=N–C) groups is 1. The summed E-state index contributed by atoms with van der Waals surface area (Å²) in [4.78, 5) is 66.5. The Morgan fingerprint density at radius 1 is 1.14 bits per heavy atom. The molecule has 2 aromatic rings. The highest BCUT2D eigenvalue weighted by Gasteiger charge is 2.39. The number of hydrogen-bond acceptors (Lipinski definition) is 12. The molecule has 0 aliphatic carbocycles. The summed E-state index contributed by atoms with van der Waals surface area (Å²) < 4.78 is 26.9. The minimum Gasteiger partial charge on any atom is -0.464 e. The fourth-order valence-electron chi connectivity index (χ4n) is 9.37. The number of carbonyl (C=O) groups excluding carboxylic acids is 4. The van der Waals surface area contributed by atoms with Crippen molar-refractivity contribution >= 4 is 52.1 Å². The Hall–Kier alpha value is -5.05. The Labute approximate surface area is 410 Å². The molecule has 1 aromatic carbocycles. The van der Waals surface area contributed by atoms with Crippen LogP contribution in [-0.4, -0.2) is 159 Å². The average Bonchev–Trinajstić information content (AvgIpc) is 3.60. The molecule has 0 saturated carbocycles. The van der Waals surface area contributed by atoms with E-state index in [0.717, 1.165) is 39.1 Å². The lowest BCUT2D eigenvalue weighted by molar-refractivity contribution is -0.156. The fourth-order valence-corrected chi connectivity index (χ4v) is 9.37. The maximum absolute atomic E-state index is 14.7. The van der Waals surface area contributed by atoms with E-state index in [4.69, 9.17) is 23.9 Å². The van der Waals surface area contributed by atoms with Crippen LogP contribution in [0.3, 0.4) is 0 Å². The van der Waals surface area contributed by atoms with E-state index in [-0.39, 0.29) is 55.5 Å². The molecule has 6 bridgehead atoms. The monoisotopic (exact) mass is 955 g/mol. The minimum absolute atomic E-state index is 0.116. The third kappa shape index (κ3) is 12.5. The van der Waals surface area contributed by atoms with E-state index >= 15 is 0 Å². The average molecular weight is 955 g/mol. The summed E-state index contributed by atoms with van der Waals surface area (Å²) in [5.74, 6) is 3.76. The van der Waals surface area contributed by atoms with Gasteiger partial charge in [0.25, 0.3) is 11.8 Å². The number of cyclic esters (lactones) is 1. The van der Waals surface area contributed by atoms with E-state index in [2.05, 4.69) is 77.6 Å².